The van der Waals surface area contributed by atoms with Gasteiger partial charge in [-0.25, -0.2) is 0 Å². The van der Waals surface area contributed by atoms with Crippen LogP contribution in [-0.2, 0) is 9.59 Å². The Bertz CT molecular complexity index is 689. The number of amides is 2. The molecule has 0 aliphatic heterocycles. The Hall–Kier alpha value is -2.47. The van der Waals surface area contributed by atoms with E-state index >= 15 is 0 Å². The van der Waals surface area contributed by atoms with E-state index in [1.54, 1.807) is 48.2 Å². The van der Waals surface area contributed by atoms with E-state index in [4.69, 9.17) is 4.74 Å². The van der Waals surface area contributed by atoms with Crippen LogP contribution < -0.4 is 15.4 Å². The van der Waals surface area contributed by atoms with Gasteiger partial charge in [-0.3, -0.25) is 9.59 Å². The van der Waals surface area contributed by atoms with Crippen LogP contribution in [0.25, 0.3) is 0 Å². The van der Waals surface area contributed by atoms with Crippen molar-refractivity contribution in [1.82, 2.24) is 0 Å². The molecule has 0 saturated carbocycles. The number of thioether (sulfide) groups is 1. The highest BCUT2D eigenvalue weighted by molar-refractivity contribution is 7.98. The van der Waals surface area contributed by atoms with E-state index in [9.17, 15) is 9.59 Å². The summed E-state index contributed by atoms with van der Waals surface area (Å²) >= 11 is 1.56. The number of carbonyl (C=O) groups excluding carboxylic acids is 2. The van der Waals surface area contributed by atoms with Crippen LogP contribution in [0.2, 0.25) is 0 Å². The van der Waals surface area contributed by atoms with E-state index in [0.717, 1.165) is 4.90 Å². The van der Waals surface area contributed by atoms with E-state index in [0.29, 0.717) is 17.1 Å². The number of hydrogen-bond donors (Lipinski definition) is 2. The third kappa shape index (κ3) is 4.02. The van der Waals surface area contributed by atoms with Crippen molar-refractivity contribution in [3.8, 4) is 5.75 Å². The fourth-order valence-electron chi connectivity index (χ4n) is 1.82. The molecule has 2 aromatic carbocycles. The summed E-state index contributed by atoms with van der Waals surface area (Å²) in [5.41, 5.74) is 1.02. The lowest BCUT2D eigenvalue weighted by Gasteiger charge is -2.10. The molecule has 2 N–H and O–H groups in total. The first-order valence-electron chi connectivity index (χ1n) is 6.53. The van der Waals surface area contributed by atoms with Crippen molar-refractivity contribution in [2.75, 3.05) is 24.0 Å². The van der Waals surface area contributed by atoms with Gasteiger partial charge in [0.2, 0.25) is 0 Å². The van der Waals surface area contributed by atoms with E-state index in [1.807, 2.05) is 18.4 Å². The van der Waals surface area contributed by atoms with Crippen molar-refractivity contribution in [3.63, 3.8) is 0 Å². The summed E-state index contributed by atoms with van der Waals surface area (Å²) in [6, 6.07) is 14.2. The third-order valence-corrected chi connectivity index (χ3v) is 3.61. The Morgan fingerprint density at radius 2 is 1.73 bits per heavy atom. The normalized spacial score (nSPS) is 9.91. The second-order valence-electron chi connectivity index (χ2n) is 4.34. The van der Waals surface area contributed by atoms with Gasteiger partial charge in [-0.1, -0.05) is 18.2 Å². The Morgan fingerprint density at radius 1 is 1.00 bits per heavy atom. The van der Waals surface area contributed by atoms with Gasteiger partial charge in [-0.15, -0.1) is 11.8 Å². The summed E-state index contributed by atoms with van der Waals surface area (Å²) in [5, 5.41) is 5.10. The van der Waals surface area contributed by atoms with Crippen molar-refractivity contribution in [2.45, 2.75) is 4.90 Å². The van der Waals surface area contributed by atoms with Gasteiger partial charge in [-0.2, -0.15) is 0 Å². The van der Waals surface area contributed by atoms with Crippen molar-refractivity contribution in [3.05, 3.63) is 48.5 Å². The van der Waals surface area contributed by atoms with E-state index in [-0.39, 0.29) is 0 Å². The number of hydrogen-bond acceptors (Lipinski definition) is 4. The lowest BCUT2D eigenvalue weighted by Crippen LogP contribution is -2.29. The molecule has 0 unspecified atom stereocenters. The number of anilines is 2. The number of methoxy groups -OCH3 is 1. The molecule has 0 aliphatic carbocycles. The summed E-state index contributed by atoms with van der Waals surface area (Å²) < 4.78 is 5.13. The van der Waals surface area contributed by atoms with Crippen molar-refractivity contribution in [2.24, 2.45) is 0 Å². The van der Waals surface area contributed by atoms with Gasteiger partial charge in [0.05, 0.1) is 12.8 Å². The van der Waals surface area contributed by atoms with Crippen molar-refractivity contribution < 1.29 is 14.3 Å². The summed E-state index contributed by atoms with van der Waals surface area (Å²) in [4.78, 5) is 24.9. The second kappa shape index (κ2) is 7.51. The van der Waals surface area contributed by atoms with Gasteiger partial charge in [0.25, 0.3) is 0 Å². The molecular weight excluding hydrogens is 300 g/mol. The zero-order valence-corrected chi connectivity index (χ0v) is 13.1. The number of benzene rings is 2. The fourth-order valence-corrected chi connectivity index (χ4v) is 2.28. The highest BCUT2D eigenvalue weighted by atomic mass is 32.2. The number of carbonyl (C=O) groups is 2. The van der Waals surface area contributed by atoms with Gasteiger partial charge in [0.1, 0.15) is 5.75 Å². The minimum Gasteiger partial charge on any atom is -0.495 e. The zero-order chi connectivity index (χ0) is 15.9. The highest BCUT2D eigenvalue weighted by Crippen LogP contribution is 2.23. The SMILES string of the molecule is COc1ccccc1NC(=O)C(=O)Nc1cccc(SC)c1. The second-order valence-corrected chi connectivity index (χ2v) is 5.22. The summed E-state index contributed by atoms with van der Waals surface area (Å²) in [6.45, 7) is 0. The maximum atomic E-state index is 12.0. The molecule has 0 bridgehead atoms. The smallest absolute Gasteiger partial charge is 0.314 e. The summed E-state index contributed by atoms with van der Waals surface area (Å²) in [5.74, 6) is -0.990. The molecule has 114 valence electrons. The zero-order valence-electron chi connectivity index (χ0n) is 12.3. The number of para-hydroxylation sites is 2. The molecule has 0 atom stereocenters. The number of nitrogens with one attached hydrogen (secondary N) is 2. The Labute approximate surface area is 133 Å². The third-order valence-electron chi connectivity index (χ3n) is 2.89. The molecule has 0 fully saturated rings. The molecule has 0 radical (unpaired) electrons. The largest absolute Gasteiger partial charge is 0.495 e. The van der Waals surface area contributed by atoms with E-state index in [1.165, 1.54) is 7.11 Å². The fraction of sp³-hybridized carbons (Fsp3) is 0.125. The Morgan fingerprint density at radius 3 is 2.45 bits per heavy atom. The van der Waals surface area contributed by atoms with Gasteiger partial charge < -0.3 is 15.4 Å². The molecule has 0 aliphatic rings. The molecule has 0 aromatic heterocycles. The topological polar surface area (TPSA) is 67.4 Å². The molecule has 0 spiro atoms. The van der Waals surface area contributed by atoms with Crippen molar-refractivity contribution >= 4 is 35.0 Å². The van der Waals surface area contributed by atoms with Gasteiger partial charge in [0.15, 0.2) is 0 Å². The molecule has 22 heavy (non-hydrogen) atoms. The van der Waals surface area contributed by atoms with Crippen LogP contribution in [0.3, 0.4) is 0 Å². The minimum atomic E-state index is -0.751. The van der Waals surface area contributed by atoms with Gasteiger partial charge >= 0.3 is 11.8 Å². The average Bonchev–Trinajstić information content (AvgIpc) is 2.55. The first-order valence-corrected chi connectivity index (χ1v) is 7.76. The molecule has 2 rings (SSSR count). The minimum absolute atomic E-state index is 0.447. The predicted molar refractivity (Wildman–Crippen MR) is 88.5 cm³/mol. The number of ether oxygens (including phenoxy) is 1. The lowest BCUT2D eigenvalue weighted by molar-refractivity contribution is -0.133. The van der Waals surface area contributed by atoms with Crippen LogP contribution in [0, 0.1) is 0 Å². The molecule has 0 heterocycles. The molecule has 5 nitrogen and oxygen atoms in total. The van der Waals surface area contributed by atoms with Gasteiger partial charge in [0, 0.05) is 10.6 Å². The molecule has 0 saturated heterocycles. The quantitative estimate of drug-likeness (QED) is 0.672. The van der Waals surface area contributed by atoms with Gasteiger partial charge in [-0.05, 0) is 36.6 Å². The predicted octanol–water partition coefficient (Wildman–Crippen LogP) is 2.99. The van der Waals surface area contributed by atoms with E-state index in [2.05, 4.69) is 10.6 Å². The Balaban J connectivity index is 2.04. The Kier molecular flexibility index (Phi) is 5.43. The monoisotopic (exact) mass is 316 g/mol. The molecule has 6 heteroatoms. The average molecular weight is 316 g/mol. The van der Waals surface area contributed by atoms with Crippen LogP contribution >= 0.6 is 11.8 Å². The van der Waals surface area contributed by atoms with Crippen LogP contribution in [-0.4, -0.2) is 25.2 Å². The summed E-state index contributed by atoms with van der Waals surface area (Å²) in [7, 11) is 1.50. The lowest BCUT2D eigenvalue weighted by atomic mass is 10.3. The van der Waals surface area contributed by atoms with Crippen LogP contribution in [0.4, 0.5) is 11.4 Å². The maximum absolute atomic E-state index is 12.0. The van der Waals surface area contributed by atoms with Crippen molar-refractivity contribution in [1.29, 1.82) is 0 Å². The first-order chi connectivity index (χ1) is 10.6. The maximum Gasteiger partial charge on any atom is 0.314 e. The molecular formula is C16H16N2O3S. The number of rotatable bonds is 4. The van der Waals surface area contributed by atoms with Crippen LogP contribution in [0.15, 0.2) is 53.4 Å². The summed E-state index contributed by atoms with van der Waals surface area (Å²) in [6.07, 6.45) is 1.94. The highest BCUT2D eigenvalue weighted by Gasteiger charge is 2.15. The van der Waals surface area contributed by atoms with E-state index < -0.39 is 11.8 Å². The molecule has 2 aromatic rings. The van der Waals surface area contributed by atoms with Crippen LogP contribution in [0.1, 0.15) is 0 Å². The van der Waals surface area contributed by atoms with Crippen LogP contribution in [0.5, 0.6) is 5.75 Å². The standard InChI is InChI=1S/C16H16N2O3S/c1-21-14-9-4-3-8-13(14)18-16(20)15(19)17-11-6-5-7-12(10-11)22-2/h3-10H,1-2H3,(H,17,19)(H,18,20). The molecule has 2 amide bonds. The first kappa shape index (κ1) is 15.9.